The predicted octanol–water partition coefficient (Wildman–Crippen LogP) is 4.15. The summed E-state index contributed by atoms with van der Waals surface area (Å²) in [4.78, 5) is 0. The van der Waals surface area contributed by atoms with Crippen molar-refractivity contribution in [1.29, 1.82) is 0 Å². The van der Waals surface area contributed by atoms with Crippen LogP contribution in [0.2, 0.25) is 0 Å². The van der Waals surface area contributed by atoms with Gasteiger partial charge < -0.3 is 9.84 Å². The zero-order valence-corrected chi connectivity index (χ0v) is 11.6. The fraction of sp³-hybridized carbons (Fsp3) is 0.200. The molecule has 0 aromatic heterocycles. The highest BCUT2D eigenvalue weighted by atomic mass is 79.9. The lowest BCUT2D eigenvalue weighted by molar-refractivity contribution is 0.0654. The molecule has 0 fully saturated rings. The van der Waals surface area contributed by atoms with E-state index in [9.17, 15) is 9.50 Å². The summed E-state index contributed by atoms with van der Waals surface area (Å²) < 4.78 is 20.0. The molecular weight excluding hydrogens is 311 g/mol. The van der Waals surface area contributed by atoms with Crippen LogP contribution in [0.15, 0.2) is 46.9 Å². The topological polar surface area (TPSA) is 29.5 Å². The highest BCUT2D eigenvalue weighted by molar-refractivity contribution is 9.10. The Morgan fingerprint density at radius 2 is 1.89 bits per heavy atom. The van der Waals surface area contributed by atoms with Gasteiger partial charge in [-0.05, 0) is 29.8 Å². The molecule has 1 heterocycles. The van der Waals surface area contributed by atoms with Gasteiger partial charge in [0.15, 0.2) is 0 Å². The van der Waals surface area contributed by atoms with Gasteiger partial charge >= 0.3 is 0 Å². The average Bonchev–Trinajstić information content (AvgIpc) is 2.38. The van der Waals surface area contributed by atoms with Gasteiger partial charge in [0.25, 0.3) is 0 Å². The first-order valence-corrected chi connectivity index (χ1v) is 6.82. The van der Waals surface area contributed by atoms with Gasteiger partial charge in [0.1, 0.15) is 17.7 Å². The third-order valence-electron chi connectivity index (χ3n) is 3.28. The van der Waals surface area contributed by atoms with Crippen molar-refractivity contribution in [2.45, 2.75) is 18.6 Å². The van der Waals surface area contributed by atoms with Crippen LogP contribution in [-0.4, -0.2) is 5.11 Å². The lowest BCUT2D eigenvalue weighted by Gasteiger charge is -2.30. The molecule has 1 unspecified atom stereocenters. The molecule has 0 aliphatic carbocycles. The van der Waals surface area contributed by atoms with Gasteiger partial charge in [-0.2, -0.15) is 0 Å². The molecule has 2 aromatic rings. The molecule has 2 nitrogen and oxygen atoms in total. The van der Waals surface area contributed by atoms with Crippen molar-refractivity contribution in [3.05, 3.63) is 63.9 Å². The van der Waals surface area contributed by atoms with Crippen LogP contribution >= 0.6 is 15.9 Å². The zero-order chi connectivity index (χ0) is 13.4. The summed E-state index contributed by atoms with van der Waals surface area (Å²) in [5.74, 6) is 0.0640. The first-order valence-electron chi connectivity index (χ1n) is 6.03. The molecule has 1 N–H and O–H groups in total. The highest BCUT2D eigenvalue weighted by Gasteiger charge is 2.28. The summed E-state index contributed by atoms with van der Waals surface area (Å²) in [6.07, 6.45) is -0.407. The van der Waals surface area contributed by atoms with E-state index in [0.717, 1.165) is 10.0 Å². The number of ether oxygens (including phenoxy) is 1. The van der Waals surface area contributed by atoms with Crippen molar-refractivity contribution in [2.24, 2.45) is 0 Å². The first kappa shape index (κ1) is 12.6. The van der Waals surface area contributed by atoms with E-state index < -0.39 is 6.10 Å². The molecule has 3 rings (SSSR count). The molecule has 0 bridgehead atoms. The highest BCUT2D eigenvalue weighted by Crippen LogP contribution is 2.41. The van der Waals surface area contributed by atoms with Crippen LogP contribution in [0, 0.1) is 5.82 Å². The minimum atomic E-state index is -0.627. The molecule has 0 radical (unpaired) electrons. The van der Waals surface area contributed by atoms with Crippen molar-refractivity contribution in [3.63, 3.8) is 0 Å². The van der Waals surface area contributed by atoms with Gasteiger partial charge in [0.2, 0.25) is 0 Å². The lowest BCUT2D eigenvalue weighted by atomic mass is 9.95. The standard InChI is InChI=1S/C15H12BrFO2/c16-10-3-1-9(2-4-10)14-8-13(18)12-6-5-11(17)7-15(12)19-14/h1-7,13-14,18H,8H2/t13-,14?/m1/s1. The Balaban J connectivity index is 1.93. The van der Waals surface area contributed by atoms with E-state index in [4.69, 9.17) is 4.74 Å². The summed E-state index contributed by atoms with van der Waals surface area (Å²) >= 11 is 3.38. The number of aliphatic hydroxyl groups is 1. The fourth-order valence-corrected chi connectivity index (χ4v) is 2.56. The van der Waals surface area contributed by atoms with Gasteiger partial charge in [-0.25, -0.2) is 4.39 Å². The fourth-order valence-electron chi connectivity index (χ4n) is 2.30. The minimum absolute atomic E-state index is 0.252. The Bertz CT molecular complexity index is 598. The van der Waals surface area contributed by atoms with Crippen molar-refractivity contribution in [3.8, 4) is 5.75 Å². The molecule has 0 spiro atoms. The molecule has 1 aliphatic rings. The number of rotatable bonds is 1. The van der Waals surface area contributed by atoms with Crippen molar-refractivity contribution >= 4 is 15.9 Å². The van der Waals surface area contributed by atoms with Gasteiger partial charge in [-0.15, -0.1) is 0 Å². The van der Waals surface area contributed by atoms with E-state index in [2.05, 4.69) is 15.9 Å². The Morgan fingerprint density at radius 1 is 1.16 bits per heavy atom. The van der Waals surface area contributed by atoms with Crippen LogP contribution in [-0.2, 0) is 0 Å². The summed E-state index contributed by atoms with van der Waals surface area (Å²) in [6.45, 7) is 0. The molecule has 2 atom stereocenters. The number of fused-ring (bicyclic) bond motifs is 1. The maximum Gasteiger partial charge on any atom is 0.128 e. The quantitative estimate of drug-likeness (QED) is 0.854. The van der Waals surface area contributed by atoms with Crippen molar-refractivity contribution in [2.75, 3.05) is 0 Å². The Morgan fingerprint density at radius 3 is 2.63 bits per heavy atom. The molecular formula is C15H12BrFO2. The molecule has 98 valence electrons. The monoisotopic (exact) mass is 322 g/mol. The van der Waals surface area contributed by atoms with E-state index in [1.54, 1.807) is 6.07 Å². The second-order valence-corrected chi connectivity index (χ2v) is 5.51. The molecule has 19 heavy (non-hydrogen) atoms. The average molecular weight is 323 g/mol. The number of benzene rings is 2. The Kier molecular flexibility index (Phi) is 3.29. The van der Waals surface area contributed by atoms with Gasteiger partial charge in [-0.1, -0.05) is 28.1 Å². The van der Waals surface area contributed by atoms with Crippen molar-refractivity contribution in [1.82, 2.24) is 0 Å². The second-order valence-electron chi connectivity index (χ2n) is 4.59. The second kappa shape index (κ2) is 4.94. The number of hydrogen-bond donors (Lipinski definition) is 1. The van der Waals surface area contributed by atoms with E-state index in [1.807, 2.05) is 24.3 Å². The van der Waals surface area contributed by atoms with Gasteiger partial charge in [0, 0.05) is 22.5 Å². The minimum Gasteiger partial charge on any atom is -0.485 e. The number of aliphatic hydroxyl groups excluding tert-OH is 1. The molecule has 0 saturated heterocycles. The summed E-state index contributed by atoms with van der Waals surface area (Å²) in [5, 5.41) is 10.1. The van der Waals surface area contributed by atoms with Gasteiger partial charge in [-0.3, -0.25) is 0 Å². The smallest absolute Gasteiger partial charge is 0.128 e. The molecule has 1 aliphatic heterocycles. The summed E-state index contributed by atoms with van der Waals surface area (Å²) in [7, 11) is 0. The molecule has 4 heteroatoms. The third-order valence-corrected chi connectivity index (χ3v) is 3.81. The van der Waals surface area contributed by atoms with Crippen LogP contribution < -0.4 is 4.74 Å². The van der Waals surface area contributed by atoms with E-state index in [-0.39, 0.29) is 11.9 Å². The Labute approximate surface area is 119 Å². The summed E-state index contributed by atoms with van der Waals surface area (Å²) in [5.41, 5.74) is 1.62. The molecule has 0 amide bonds. The van der Waals surface area contributed by atoms with Crippen molar-refractivity contribution < 1.29 is 14.2 Å². The molecule has 2 aromatic carbocycles. The van der Waals surface area contributed by atoms with Crippen LogP contribution in [0.25, 0.3) is 0 Å². The van der Waals surface area contributed by atoms with Crippen LogP contribution in [0.1, 0.15) is 29.8 Å². The Hall–Kier alpha value is -1.39. The first-order chi connectivity index (χ1) is 9.13. The van der Waals surface area contributed by atoms with Gasteiger partial charge in [0.05, 0.1) is 6.10 Å². The van der Waals surface area contributed by atoms with E-state index in [0.29, 0.717) is 17.7 Å². The SMILES string of the molecule is O[C@@H]1CC(c2ccc(Br)cc2)Oc2cc(F)ccc21. The van der Waals surface area contributed by atoms with Crippen LogP contribution in [0.5, 0.6) is 5.75 Å². The summed E-state index contributed by atoms with van der Waals surface area (Å²) in [6, 6.07) is 12.0. The number of hydrogen-bond acceptors (Lipinski definition) is 2. The van der Waals surface area contributed by atoms with Crippen LogP contribution in [0.4, 0.5) is 4.39 Å². The van der Waals surface area contributed by atoms with Crippen LogP contribution in [0.3, 0.4) is 0 Å². The molecule has 0 saturated carbocycles. The number of halogens is 2. The van der Waals surface area contributed by atoms with E-state index in [1.165, 1.54) is 12.1 Å². The predicted molar refractivity (Wildman–Crippen MR) is 73.5 cm³/mol. The largest absolute Gasteiger partial charge is 0.485 e. The third kappa shape index (κ3) is 2.51. The van der Waals surface area contributed by atoms with E-state index >= 15 is 0 Å². The lowest BCUT2D eigenvalue weighted by Crippen LogP contribution is -2.19. The maximum absolute atomic E-state index is 13.2. The normalized spacial score (nSPS) is 21.6. The maximum atomic E-state index is 13.2. The zero-order valence-electron chi connectivity index (χ0n) is 10.0.